The van der Waals surface area contributed by atoms with Crippen LogP contribution in [0.2, 0.25) is 5.02 Å². The third-order valence-corrected chi connectivity index (χ3v) is 5.35. The molecule has 0 bridgehead atoms. The molecule has 19 heavy (non-hydrogen) atoms. The summed E-state index contributed by atoms with van der Waals surface area (Å²) in [5.41, 5.74) is 5.52. The third kappa shape index (κ3) is 2.91. The van der Waals surface area contributed by atoms with E-state index >= 15 is 0 Å². The van der Waals surface area contributed by atoms with Crippen LogP contribution >= 0.6 is 11.6 Å². The molecule has 2 N–H and O–H groups in total. The second-order valence-corrected chi connectivity index (χ2v) is 6.89. The van der Waals surface area contributed by atoms with E-state index in [9.17, 15) is 12.8 Å². The Balaban J connectivity index is 2.47. The Morgan fingerprint density at radius 2 is 1.89 bits per heavy atom. The van der Waals surface area contributed by atoms with Gasteiger partial charge in [-0.1, -0.05) is 18.0 Å². The highest BCUT2D eigenvalue weighted by Gasteiger charge is 2.29. The molecular weight excluding hydrogens is 291 g/mol. The number of nitrogens with zero attached hydrogens (tertiary/aromatic N) is 1. The van der Waals surface area contributed by atoms with E-state index in [0.717, 1.165) is 25.3 Å². The van der Waals surface area contributed by atoms with E-state index in [1.807, 2.05) is 0 Å². The number of hydrogen-bond acceptors (Lipinski definition) is 3. The SMILES string of the molecule is NCc1cc(Cl)cc(S(=O)(=O)N2CCCCC2)c1F. The highest BCUT2D eigenvalue weighted by Crippen LogP contribution is 2.27. The zero-order valence-corrected chi connectivity index (χ0v) is 12.0. The lowest BCUT2D eigenvalue weighted by Crippen LogP contribution is -2.36. The van der Waals surface area contributed by atoms with Crippen molar-refractivity contribution in [2.75, 3.05) is 13.1 Å². The van der Waals surface area contributed by atoms with Gasteiger partial charge in [0.15, 0.2) is 0 Å². The van der Waals surface area contributed by atoms with E-state index in [1.54, 1.807) is 0 Å². The Bertz CT molecular complexity index is 571. The number of rotatable bonds is 3. The first-order valence-electron chi connectivity index (χ1n) is 6.15. The van der Waals surface area contributed by atoms with E-state index in [0.29, 0.717) is 13.1 Å². The standard InChI is InChI=1S/C12H16ClFN2O2S/c13-10-6-9(8-15)12(14)11(7-10)19(17,18)16-4-2-1-3-5-16/h6-7H,1-5,8,15H2. The molecule has 2 rings (SSSR count). The second-order valence-electron chi connectivity index (χ2n) is 4.55. The second kappa shape index (κ2) is 5.75. The van der Waals surface area contributed by atoms with Gasteiger partial charge in [-0.25, -0.2) is 12.8 Å². The quantitative estimate of drug-likeness (QED) is 0.930. The fraction of sp³-hybridized carbons (Fsp3) is 0.500. The summed E-state index contributed by atoms with van der Waals surface area (Å²) in [7, 11) is -3.83. The molecule has 0 unspecified atom stereocenters. The van der Waals surface area contributed by atoms with Crippen LogP contribution in [-0.2, 0) is 16.6 Å². The van der Waals surface area contributed by atoms with Gasteiger partial charge in [0.2, 0.25) is 10.0 Å². The Morgan fingerprint density at radius 3 is 2.47 bits per heavy atom. The van der Waals surface area contributed by atoms with Gasteiger partial charge in [0, 0.05) is 30.2 Å². The average molecular weight is 307 g/mol. The average Bonchev–Trinajstić information content (AvgIpc) is 2.41. The van der Waals surface area contributed by atoms with Crippen LogP contribution in [0.4, 0.5) is 4.39 Å². The first kappa shape index (κ1) is 14.7. The minimum atomic E-state index is -3.83. The molecule has 1 saturated heterocycles. The van der Waals surface area contributed by atoms with Crippen molar-refractivity contribution in [3.8, 4) is 0 Å². The Labute approximate surface area is 117 Å². The maximum Gasteiger partial charge on any atom is 0.246 e. The van der Waals surface area contributed by atoms with Crippen molar-refractivity contribution in [2.45, 2.75) is 30.7 Å². The van der Waals surface area contributed by atoms with Crippen LogP contribution in [-0.4, -0.2) is 25.8 Å². The molecule has 4 nitrogen and oxygen atoms in total. The Kier molecular flexibility index (Phi) is 4.45. The molecule has 0 saturated carbocycles. The van der Waals surface area contributed by atoms with Gasteiger partial charge < -0.3 is 5.73 Å². The van der Waals surface area contributed by atoms with Gasteiger partial charge in [0.1, 0.15) is 10.7 Å². The lowest BCUT2D eigenvalue weighted by atomic mass is 10.2. The summed E-state index contributed by atoms with van der Waals surface area (Å²) in [5, 5.41) is 0.178. The molecule has 1 heterocycles. The maximum atomic E-state index is 14.2. The van der Waals surface area contributed by atoms with Gasteiger partial charge in [-0.2, -0.15) is 4.31 Å². The maximum absolute atomic E-state index is 14.2. The van der Waals surface area contributed by atoms with Gasteiger partial charge in [-0.15, -0.1) is 0 Å². The third-order valence-electron chi connectivity index (χ3n) is 3.23. The van der Waals surface area contributed by atoms with E-state index in [4.69, 9.17) is 17.3 Å². The van der Waals surface area contributed by atoms with Crippen molar-refractivity contribution in [1.82, 2.24) is 4.31 Å². The predicted molar refractivity (Wildman–Crippen MR) is 71.9 cm³/mol. The smallest absolute Gasteiger partial charge is 0.246 e. The largest absolute Gasteiger partial charge is 0.326 e. The Morgan fingerprint density at radius 1 is 1.26 bits per heavy atom. The summed E-state index contributed by atoms with van der Waals surface area (Å²) in [6.45, 7) is 0.757. The lowest BCUT2D eigenvalue weighted by Gasteiger charge is -2.26. The molecule has 0 atom stereocenters. The van der Waals surface area contributed by atoms with Crippen molar-refractivity contribution >= 4 is 21.6 Å². The molecule has 1 aromatic rings. The molecule has 0 aliphatic carbocycles. The van der Waals surface area contributed by atoms with E-state index < -0.39 is 15.8 Å². The number of benzene rings is 1. The van der Waals surface area contributed by atoms with Crippen LogP contribution in [0.1, 0.15) is 24.8 Å². The molecule has 0 radical (unpaired) electrons. The first-order chi connectivity index (χ1) is 8.96. The fourth-order valence-electron chi connectivity index (χ4n) is 2.20. The van der Waals surface area contributed by atoms with E-state index in [1.165, 1.54) is 10.4 Å². The van der Waals surface area contributed by atoms with Crippen LogP contribution in [0.15, 0.2) is 17.0 Å². The molecule has 0 spiro atoms. The zero-order chi connectivity index (χ0) is 14.0. The minimum Gasteiger partial charge on any atom is -0.326 e. The summed E-state index contributed by atoms with van der Waals surface area (Å²) in [5.74, 6) is -0.794. The summed E-state index contributed by atoms with van der Waals surface area (Å²) in [6, 6.07) is 2.51. The summed E-state index contributed by atoms with van der Waals surface area (Å²) in [4.78, 5) is -0.373. The van der Waals surface area contributed by atoms with E-state index in [2.05, 4.69) is 0 Å². The van der Waals surface area contributed by atoms with Crippen LogP contribution < -0.4 is 5.73 Å². The molecule has 0 amide bonds. The van der Waals surface area contributed by atoms with Crippen molar-refractivity contribution in [2.24, 2.45) is 5.73 Å². The van der Waals surface area contributed by atoms with Gasteiger partial charge in [0.25, 0.3) is 0 Å². The van der Waals surface area contributed by atoms with Crippen LogP contribution in [0.25, 0.3) is 0 Å². The molecule has 1 aromatic carbocycles. The number of nitrogens with two attached hydrogens (primary N) is 1. The van der Waals surface area contributed by atoms with Crippen molar-refractivity contribution in [3.05, 3.63) is 28.5 Å². The first-order valence-corrected chi connectivity index (χ1v) is 7.96. The monoisotopic (exact) mass is 306 g/mol. The molecule has 0 aromatic heterocycles. The van der Waals surface area contributed by atoms with E-state index in [-0.39, 0.29) is 22.0 Å². The topological polar surface area (TPSA) is 63.4 Å². The van der Waals surface area contributed by atoms with Gasteiger partial charge >= 0.3 is 0 Å². The summed E-state index contributed by atoms with van der Waals surface area (Å²) in [6.07, 6.45) is 2.59. The van der Waals surface area contributed by atoms with Gasteiger partial charge in [0.05, 0.1) is 0 Å². The van der Waals surface area contributed by atoms with Crippen LogP contribution in [0.5, 0.6) is 0 Å². The van der Waals surface area contributed by atoms with Crippen molar-refractivity contribution < 1.29 is 12.8 Å². The number of halogens is 2. The van der Waals surface area contributed by atoms with Crippen LogP contribution in [0.3, 0.4) is 0 Å². The molecule has 1 aliphatic heterocycles. The summed E-state index contributed by atoms with van der Waals surface area (Å²) < 4.78 is 40.3. The summed E-state index contributed by atoms with van der Waals surface area (Å²) >= 11 is 5.84. The molecule has 1 fully saturated rings. The lowest BCUT2D eigenvalue weighted by molar-refractivity contribution is 0.345. The van der Waals surface area contributed by atoms with Crippen molar-refractivity contribution in [3.63, 3.8) is 0 Å². The van der Waals surface area contributed by atoms with Gasteiger partial charge in [-0.05, 0) is 25.0 Å². The Hall–Kier alpha value is -0.690. The van der Waals surface area contributed by atoms with Crippen molar-refractivity contribution in [1.29, 1.82) is 0 Å². The number of hydrogen-bond donors (Lipinski definition) is 1. The fourth-order valence-corrected chi connectivity index (χ4v) is 4.15. The predicted octanol–water partition coefficient (Wildman–Crippen LogP) is 2.11. The minimum absolute atomic E-state index is 0.0884. The molecule has 7 heteroatoms. The molecular formula is C12H16ClFN2O2S. The highest BCUT2D eigenvalue weighted by molar-refractivity contribution is 7.89. The number of sulfonamides is 1. The normalized spacial score (nSPS) is 17.6. The highest BCUT2D eigenvalue weighted by atomic mass is 35.5. The zero-order valence-electron chi connectivity index (χ0n) is 10.4. The van der Waals surface area contributed by atoms with Gasteiger partial charge in [-0.3, -0.25) is 0 Å². The van der Waals surface area contributed by atoms with Crippen LogP contribution in [0, 0.1) is 5.82 Å². The molecule has 106 valence electrons. The molecule has 1 aliphatic rings. The number of piperidine rings is 1.